The van der Waals surface area contributed by atoms with Crippen LogP contribution in [0.1, 0.15) is 18.7 Å². The van der Waals surface area contributed by atoms with Crippen LogP contribution in [0.25, 0.3) is 11.3 Å². The van der Waals surface area contributed by atoms with Gasteiger partial charge in [0.2, 0.25) is 0 Å². The Morgan fingerprint density at radius 3 is 2.95 bits per heavy atom. The highest BCUT2D eigenvalue weighted by Gasteiger charge is 2.14. The van der Waals surface area contributed by atoms with Gasteiger partial charge in [-0.15, -0.1) is 0 Å². The van der Waals surface area contributed by atoms with Gasteiger partial charge in [-0.25, -0.2) is 4.98 Å². The molecule has 3 aromatic rings. The van der Waals surface area contributed by atoms with Crippen molar-refractivity contribution in [2.45, 2.75) is 19.4 Å². The van der Waals surface area contributed by atoms with Crippen LogP contribution in [0.15, 0.2) is 53.8 Å². The van der Waals surface area contributed by atoms with Crippen LogP contribution >= 0.6 is 0 Å². The number of rotatable bonds is 4. The maximum absolute atomic E-state index is 6.02. The largest absolute Gasteiger partial charge is 0.469 e. The number of nitrogens with two attached hydrogens (primary N) is 1. The van der Waals surface area contributed by atoms with E-state index in [1.54, 1.807) is 24.7 Å². The fourth-order valence-electron chi connectivity index (χ4n) is 2.30. The fourth-order valence-corrected chi connectivity index (χ4v) is 2.30. The van der Waals surface area contributed by atoms with Gasteiger partial charge in [-0.2, -0.15) is 0 Å². The molecule has 3 rings (SSSR count). The number of nitrogens with zero attached hydrogens (tertiary/aromatic N) is 3. The van der Waals surface area contributed by atoms with Crippen molar-refractivity contribution in [2.75, 3.05) is 5.73 Å². The van der Waals surface area contributed by atoms with Crippen LogP contribution in [-0.4, -0.2) is 14.5 Å². The Bertz CT molecular complexity index is 687. The summed E-state index contributed by atoms with van der Waals surface area (Å²) in [6, 6.07) is 5.89. The summed E-state index contributed by atoms with van der Waals surface area (Å²) < 4.78 is 7.49. The lowest BCUT2D eigenvalue weighted by Gasteiger charge is -2.16. The first-order chi connectivity index (χ1) is 9.75. The van der Waals surface area contributed by atoms with Gasteiger partial charge < -0.3 is 14.7 Å². The zero-order valence-corrected chi connectivity index (χ0v) is 11.2. The molecule has 1 atom stereocenters. The maximum Gasteiger partial charge on any atom is 0.105 e. The number of aromatic nitrogens is 3. The average Bonchev–Trinajstić information content (AvgIpc) is 3.09. The third-order valence-corrected chi connectivity index (χ3v) is 3.35. The number of hydrogen-bond acceptors (Lipinski definition) is 4. The van der Waals surface area contributed by atoms with E-state index in [0.717, 1.165) is 23.4 Å². The Labute approximate surface area is 117 Å². The standard InChI is InChI=1S/C15H16N4O/c1-11(7-12-3-2-6-20-12)19-10-18-9-15(19)13-8-17-5-4-14(13)16/h2-6,8-11H,7H2,1H3,(H2,16,17). The van der Waals surface area contributed by atoms with Crippen molar-refractivity contribution in [3.8, 4) is 11.3 Å². The molecular weight excluding hydrogens is 252 g/mol. The monoisotopic (exact) mass is 268 g/mol. The zero-order valence-electron chi connectivity index (χ0n) is 11.2. The second-order valence-corrected chi connectivity index (χ2v) is 4.78. The molecule has 0 aromatic carbocycles. The molecule has 3 heterocycles. The summed E-state index contributed by atoms with van der Waals surface area (Å²) in [5.74, 6) is 0.955. The first-order valence-electron chi connectivity index (χ1n) is 6.50. The summed E-state index contributed by atoms with van der Waals surface area (Å²) in [4.78, 5) is 8.38. The van der Waals surface area contributed by atoms with E-state index in [9.17, 15) is 0 Å². The molecule has 2 N–H and O–H groups in total. The molecule has 0 spiro atoms. The Morgan fingerprint density at radius 2 is 2.20 bits per heavy atom. The summed E-state index contributed by atoms with van der Waals surface area (Å²) >= 11 is 0. The topological polar surface area (TPSA) is 69.9 Å². The molecule has 0 aliphatic heterocycles. The quantitative estimate of drug-likeness (QED) is 0.789. The second kappa shape index (κ2) is 5.21. The van der Waals surface area contributed by atoms with Crippen molar-refractivity contribution < 1.29 is 4.42 Å². The van der Waals surface area contributed by atoms with Crippen molar-refractivity contribution in [1.82, 2.24) is 14.5 Å². The van der Waals surface area contributed by atoms with E-state index < -0.39 is 0 Å². The van der Waals surface area contributed by atoms with Gasteiger partial charge in [0, 0.05) is 36.1 Å². The SMILES string of the molecule is CC(Cc1ccco1)n1cncc1-c1cnccc1N. The summed E-state index contributed by atoms with van der Waals surface area (Å²) in [7, 11) is 0. The Hall–Kier alpha value is -2.56. The molecule has 20 heavy (non-hydrogen) atoms. The van der Waals surface area contributed by atoms with Gasteiger partial charge in [0.15, 0.2) is 0 Å². The van der Waals surface area contributed by atoms with E-state index in [4.69, 9.17) is 10.2 Å². The number of nitrogen functional groups attached to an aromatic ring is 1. The van der Waals surface area contributed by atoms with Crippen LogP contribution in [-0.2, 0) is 6.42 Å². The molecule has 3 aromatic heterocycles. The molecule has 102 valence electrons. The van der Waals surface area contributed by atoms with Gasteiger partial charge in [0.25, 0.3) is 0 Å². The second-order valence-electron chi connectivity index (χ2n) is 4.78. The minimum atomic E-state index is 0.221. The molecule has 0 amide bonds. The first kappa shape index (κ1) is 12.5. The third kappa shape index (κ3) is 2.30. The highest BCUT2D eigenvalue weighted by molar-refractivity contribution is 5.72. The minimum Gasteiger partial charge on any atom is -0.469 e. The molecule has 0 radical (unpaired) electrons. The highest BCUT2D eigenvalue weighted by atomic mass is 16.3. The maximum atomic E-state index is 6.02. The molecule has 0 saturated carbocycles. The lowest BCUT2D eigenvalue weighted by molar-refractivity contribution is 0.450. The molecule has 5 nitrogen and oxygen atoms in total. The predicted octanol–water partition coefficient (Wildman–Crippen LogP) is 2.92. The van der Waals surface area contributed by atoms with Crippen LogP contribution in [0, 0.1) is 0 Å². The van der Waals surface area contributed by atoms with Crippen LogP contribution < -0.4 is 5.73 Å². The molecule has 1 unspecified atom stereocenters. The van der Waals surface area contributed by atoms with Crippen LogP contribution in [0.3, 0.4) is 0 Å². The molecule has 0 bridgehead atoms. The van der Waals surface area contributed by atoms with Crippen molar-refractivity contribution in [3.05, 3.63) is 55.1 Å². The normalized spacial score (nSPS) is 12.4. The molecular formula is C15H16N4O. The van der Waals surface area contributed by atoms with Gasteiger partial charge in [-0.3, -0.25) is 4.98 Å². The van der Waals surface area contributed by atoms with Gasteiger partial charge >= 0.3 is 0 Å². The van der Waals surface area contributed by atoms with Gasteiger partial charge in [0.1, 0.15) is 5.76 Å². The first-order valence-corrected chi connectivity index (χ1v) is 6.50. The third-order valence-electron chi connectivity index (χ3n) is 3.35. The lowest BCUT2D eigenvalue weighted by Crippen LogP contribution is -2.09. The molecule has 5 heteroatoms. The fraction of sp³-hybridized carbons (Fsp3) is 0.200. The highest BCUT2D eigenvalue weighted by Crippen LogP contribution is 2.27. The summed E-state index contributed by atoms with van der Waals surface area (Å²) in [6.07, 6.45) is 9.57. The van der Waals surface area contributed by atoms with E-state index in [1.807, 2.05) is 24.7 Å². The van der Waals surface area contributed by atoms with E-state index in [-0.39, 0.29) is 6.04 Å². The molecule has 0 fully saturated rings. The van der Waals surface area contributed by atoms with E-state index in [1.165, 1.54) is 0 Å². The lowest BCUT2D eigenvalue weighted by atomic mass is 10.1. The number of imidazole rings is 1. The smallest absolute Gasteiger partial charge is 0.105 e. The summed E-state index contributed by atoms with van der Waals surface area (Å²) in [6.45, 7) is 2.13. The Morgan fingerprint density at radius 1 is 1.30 bits per heavy atom. The van der Waals surface area contributed by atoms with E-state index in [2.05, 4.69) is 21.5 Å². The number of anilines is 1. The Kier molecular flexibility index (Phi) is 3.25. The van der Waals surface area contributed by atoms with Crippen molar-refractivity contribution >= 4 is 5.69 Å². The van der Waals surface area contributed by atoms with Gasteiger partial charge in [0.05, 0.1) is 24.5 Å². The van der Waals surface area contributed by atoms with Gasteiger partial charge in [-0.05, 0) is 25.1 Å². The van der Waals surface area contributed by atoms with E-state index >= 15 is 0 Å². The van der Waals surface area contributed by atoms with Crippen LogP contribution in [0.4, 0.5) is 5.69 Å². The molecule has 0 saturated heterocycles. The van der Waals surface area contributed by atoms with Crippen LogP contribution in [0.5, 0.6) is 0 Å². The minimum absolute atomic E-state index is 0.221. The van der Waals surface area contributed by atoms with Crippen molar-refractivity contribution in [2.24, 2.45) is 0 Å². The number of pyridine rings is 1. The summed E-state index contributed by atoms with van der Waals surface area (Å²) in [5.41, 5.74) is 8.58. The van der Waals surface area contributed by atoms with E-state index in [0.29, 0.717) is 5.69 Å². The molecule has 0 aliphatic rings. The van der Waals surface area contributed by atoms with Crippen molar-refractivity contribution in [3.63, 3.8) is 0 Å². The van der Waals surface area contributed by atoms with Crippen molar-refractivity contribution in [1.29, 1.82) is 0 Å². The Balaban J connectivity index is 1.92. The van der Waals surface area contributed by atoms with Crippen LogP contribution in [0.2, 0.25) is 0 Å². The average molecular weight is 268 g/mol. The van der Waals surface area contributed by atoms with Gasteiger partial charge in [-0.1, -0.05) is 0 Å². The number of furan rings is 1. The summed E-state index contributed by atoms with van der Waals surface area (Å²) in [5, 5.41) is 0. The molecule has 0 aliphatic carbocycles. The number of hydrogen-bond donors (Lipinski definition) is 1. The predicted molar refractivity (Wildman–Crippen MR) is 77.0 cm³/mol. The zero-order chi connectivity index (χ0) is 13.9.